The second-order valence-electron chi connectivity index (χ2n) is 3.75. The van der Waals surface area contributed by atoms with E-state index in [1.807, 2.05) is 13.0 Å². The summed E-state index contributed by atoms with van der Waals surface area (Å²) in [5, 5.41) is 2.97. The number of hydrogen-bond acceptors (Lipinski definition) is 2. The zero-order chi connectivity index (χ0) is 11.8. The van der Waals surface area contributed by atoms with Crippen LogP contribution in [0.3, 0.4) is 0 Å². The molecule has 0 radical (unpaired) electrons. The summed E-state index contributed by atoms with van der Waals surface area (Å²) in [6.45, 7) is 2.68. The second kappa shape index (κ2) is 3.88. The monoisotopic (exact) mass is 231 g/mol. The SMILES string of the molecule is CCC1CNc2c(OC(F)(F)F)cccc21. The highest BCUT2D eigenvalue weighted by Crippen LogP contribution is 2.41. The molecule has 1 aliphatic heterocycles. The first-order valence-corrected chi connectivity index (χ1v) is 5.14. The van der Waals surface area contributed by atoms with Gasteiger partial charge >= 0.3 is 6.36 Å². The fourth-order valence-corrected chi connectivity index (χ4v) is 1.99. The van der Waals surface area contributed by atoms with Gasteiger partial charge < -0.3 is 10.1 Å². The molecule has 16 heavy (non-hydrogen) atoms. The summed E-state index contributed by atoms with van der Waals surface area (Å²) in [6, 6.07) is 4.76. The molecule has 1 aromatic carbocycles. The average Bonchev–Trinajstić information content (AvgIpc) is 2.59. The normalized spacial score (nSPS) is 19.1. The van der Waals surface area contributed by atoms with Crippen LogP contribution in [0.4, 0.5) is 18.9 Å². The largest absolute Gasteiger partial charge is 0.573 e. The van der Waals surface area contributed by atoms with E-state index in [4.69, 9.17) is 0 Å². The number of alkyl halides is 3. The van der Waals surface area contributed by atoms with Gasteiger partial charge in [-0.05, 0) is 18.1 Å². The van der Waals surface area contributed by atoms with E-state index in [0.29, 0.717) is 12.2 Å². The molecule has 0 aromatic heterocycles. The van der Waals surface area contributed by atoms with E-state index in [9.17, 15) is 13.2 Å². The molecule has 5 heteroatoms. The van der Waals surface area contributed by atoms with Crippen LogP contribution < -0.4 is 10.1 Å². The Balaban J connectivity index is 2.32. The van der Waals surface area contributed by atoms with Crippen LogP contribution in [0.2, 0.25) is 0 Å². The predicted octanol–water partition coefficient (Wildman–Crippen LogP) is 3.50. The number of anilines is 1. The highest BCUT2D eigenvalue weighted by atomic mass is 19.4. The van der Waals surface area contributed by atoms with Gasteiger partial charge in [-0.3, -0.25) is 0 Å². The van der Waals surface area contributed by atoms with Crippen molar-refractivity contribution < 1.29 is 17.9 Å². The quantitative estimate of drug-likeness (QED) is 0.841. The molecular weight excluding hydrogens is 219 g/mol. The summed E-state index contributed by atoms with van der Waals surface area (Å²) < 4.78 is 40.4. The summed E-state index contributed by atoms with van der Waals surface area (Å²) in [5.74, 6) is 0.132. The zero-order valence-corrected chi connectivity index (χ0v) is 8.77. The summed E-state index contributed by atoms with van der Waals surface area (Å²) in [4.78, 5) is 0. The summed E-state index contributed by atoms with van der Waals surface area (Å²) >= 11 is 0. The van der Waals surface area contributed by atoms with Crippen molar-refractivity contribution in [2.24, 2.45) is 0 Å². The minimum Gasteiger partial charge on any atom is -0.404 e. The molecule has 1 unspecified atom stereocenters. The summed E-state index contributed by atoms with van der Waals surface area (Å²) in [7, 11) is 0. The van der Waals surface area contributed by atoms with Crippen LogP contribution in [-0.4, -0.2) is 12.9 Å². The van der Waals surface area contributed by atoms with Crippen LogP contribution in [0.1, 0.15) is 24.8 Å². The number of halogens is 3. The molecule has 1 N–H and O–H groups in total. The molecular formula is C11H12F3NO. The standard InChI is InChI=1S/C11H12F3NO/c1-2-7-6-15-10-8(7)4-3-5-9(10)16-11(12,13)14/h3-5,7,15H,2,6H2,1H3. The minimum atomic E-state index is -4.64. The molecule has 0 spiro atoms. The Bertz CT molecular complexity index is 389. The van der Waals surface area contributed by atoms with E-state index in [0.717, 1.165) is 12.0 Å². The van der Waals surface area contributed by atoms with Gasteiger partial charge in [-0.2, -0.15) is 0 Å². The van der Waals surface area contributed by atoms with Gasteiger partial charge in [-0.15, -0.1) is 13.2 Å². The number of ether oxygens (including phenoxy) is 1. The third-order valence-electron chi connectivity index (χ3n) is 2.74. The summed E-state index contributed by atoms with van der Waals surface area (Å²) in [5.41, 5.74) is 1.39. The number of nitrogens with one attached hydrogen (secondary N) is 1. The number of para-hydroxylation sites is 1. The van der Waals surface area contributed by atoms with Crippen LogP contribution in [0.15, 0.2) is 18.2 Å². The molecule has 0 aliphatic carbocycles. The summed E-state index contributed by atoms with van der Waals surface area (Å²) in [6.07, 6.45) is -3.74. The van der Waals surface area contributed by atoms with Crippen molar-refractivity contribution >= 4 is 5.69 Å². The maximum Gasteiger partial charge on any atom is 0.573 e. The van der Waals surface area contributed by atoms with E-state index >= 15 is 0 Å². The van der Waals surface area contributed by atoms with Gasteiger partial charge in [-0.25, -0.2) is 0 Å². The second-order valence-corrected chi connectivity index (χ2v) is 3.75. The van der Waals surface area contributed by atoms with Crippen LogP contribution in [0.5, 0.6) is 5.75 Å². The fraction of sp³-hybridized carbons (Fsp3) is 0.455. The van der Waals surface area contributed by atoms with Crippen molar-refractivity contribution in [1.29, 1.82) is 0 Å². The minimum absolute atomic E-state index is 0.138. The Morgan fingerprint density at radius 2 is 2.19 bits per heavy atom. The lowest BCUT2D eigenvalue weighted by molar-refractivity contribution is -0.274. The van der Waals surface area contributed by atoms with Gasteiger partial charge in [0.1, 0.15) is 0 Å². The topological polar surface area (TPSA) is 21.3 Å². The molecule has 1 aliphatic rings. The molecule has 0 amide bonds. The Morgan fingerprint density at radius 1 is 1.44 bits per heavy atom. The van der Waals surface area contributed by atoms with E-state index in [1.54, 1.807) is 6.07 Å². The van der Waals surface area contributed by atoms with Crippen LogP contribution in [0.25, 0.3) is 0 Å². The molecule has 2 nitrogen and oxygen atoms in total. The van der Waals surface area contributed by atoms with E-state index < -0.39 is 6.36 Å². The van der Waals surface area contributed by atoms with Crippen molar-refractivity contribution in [3.05, 3.63) is 23.8 Å². The Morgan fingerprint density at radius 3 is 2.81 bits per heavy atom. The first kappa shape index (κ1) is 11.1. The van der Waals surface area contributed by atoms with E-state index in [1.165, 1.54) is 6.07 Å². The van der Waals surface area contributed by atoms with Crippen LogP contribution in [0, 0.1) is 0 Å². The molecule has 0 saturated carbocycles. The Labute approximate surface area is 91.4 Å². The van der Waals surface area contributed by atoms with Crippen molar-refractivity contribution in [3.63, 3.8) is 0 Å². The fourth-order valence-electron chi connectivity index (χ4n) is 1.99. The number of benzene rings is 1. The molecule has 1 heterocycles. The first-order chi connectivity index (χ1) is 7.51. The van der Waals surface area contributed by atoms with Crippen LogP contribution >= 0.6 is 0 Å². The van der Waals surface area contributed by atoms with Gasteiger partial charge in [0.2, 0.25) is 0 Å². The lowest BCUT2D eigenvalue weighted by atomic mass is 9.99. The number of fused-ring (bicyclic) bond motifs is 1. The number of rotatable bonds is 2. The van der Waals surface area contributed by atoms with Crippen molar-refractivity contribution in [3.8, 4) is 5.75 Å². The molecule has 0 saturated heterocycles. The van der Waals surface area contributed by atoms with Gasteiger partial charge in [0, 0.05) is 12.5 Å². The van der Waals surface area contributed by atoms with Crippen molar-refractivity contribution in [2.45, 2.75) is 25.6 Å². The molecule has 88 valence electrons. The Kier molecular flexibility index (Phi) is 2.69. The Hall–Kier alpha value is -1.39. The van der Waals surface area contributed by atoms with Gasteiger partial charge in [-0.1, -0.05) is 19.1 Å². The molecule has 0 fully saturated rings. The third-order valence-corrected chi connectivity index (χ3v) is 2.74. The molecule has 0 bridgehead atoms. The van der Waals surface area contributed by atoms with Gasteiger partial charge in [0.05, 0.1) is 5.69 Å². The van der Waals surface area contributed by atoms with Crippen molar-refractivity contribution in [2.75, 3.05) is 11.9 Å². The average molecular weight is 231 g/mol. The van der Waals surface area contributed by atoms with E-state index in [2.05, 4.69) is 10.1 Å². The maximum atomic E-state index is 12.1. The molecule has 2 rings (SSSR count). The van der Waals surface area contributed by atoms with Crippen molar-refractivity contribution in [1.82, 2.24) is 0 Å². The maximum absolute atomic E-state index is 12.1. The predicted molar refractivity (Wildman–Crippen MR) is 54.6 cm³/mol. The molecule has 1 aromatic rings. The first-order valence-electron chi connectivity index (χ1n) is 5.14. The molecule has 1 atom stereocenters. The van der Waals surface area contributed by atoms with Gasteiger partial charge in [0.25, 0.3) is 0 Å². The highest BCUT2D eigenvalue weighted by Gasteiger charge is 2.34. The number of hydrogen-bond donors (Lipinski definition) is 1. The highest BCUT2D eigenvalue weighted by molar-refractivity contribution is 5.66. The lowest BCUT2D eigenvalue weighted by Crippen LogP contribution is -2.17. The van der Waals surface area contributed by atoms with Gasteiger partial charge in [0.15, 0.2) is 5.75 Å². The van der Waals surface area contributed by atoms with Crippen LogP contribution in [-0.2, 0) is 0 Å². The third kappa shape index (κ3) is 2.08. The van der Waals surface area contributed by atoms with E-state index in [-0.39, 0.29) is 11.7 Å². The smallest absolute Gasteiger partial charge is 0.404 e. The zero-order valence-electron chi connectivity index (χ0n) is 8.77. The lowest BCUT2D eigenvalue weighted by Gasteiger charge is -2.13.